The van der Waals surface area contributed by atoms with Crippen LogP contribution in [0, 0.1) is 13.8 Å². The number of fused-ring (bicyclic) bond motifs is 1. The van der Waals surface area contributed by atoms with Crippen LogP contribution in [-0.2, 0) is 12.8 Å². The van der Waals surface area contributed by atoms with Crippen LogP contribution in [0.1, 0.15) is 35.6 Å². The Morgan fingerprint density at radius 3 is 2.75 bits per heavy atom. The zero-order valence-corrected chi connectivity index (χ0v) is 15.2. The monoisotopic (exact) mass is 321 g/mol. The van der Waals surface area contributed by atoms with Crippen LogP contribution >= 0.6 is 0 Å². The fourth-order valence-corrected chi connectivity index (χ4v) is 3.20. The van der Waals surface area contributed by atoms with Crippen LogP contribution in [0.2, 0.25) is 0 Å². The molecule has 2 aromatic carbocycles. The predicted octanol–water partition coefficient (Wildman–Crippen LogP) is 5.15. The van der Waals surface area contributed by atoms with Crippen molar-refractivity contribution < 1.29 is 0 Å². The summed E-state index contributed by atoms with van der Waals surface area (Å²) in [6.07, 6.45) is 5.56. The number of hydrogen-bond donors (Lipinski definition) is 1. The van der Waals surface area contributed by atoms with Gasteiger partial charge >= 0.3 is 0 Å². The van der Waals surface area contributed by atoms with Gasteiger partial charge in [-0.25, -0.2) is 4.99 Å². The summed E-state index contributed by atoms with van der Waals surface area (Å²) in [6, 6.07) is 11.0. The summed E-state index contributed by atoms with van der Waals surface area (Å²) in [7, 11) is 2.04. The van der Waals surface area contributed by atoms with Crippen molar-refractivity contribution in [3.8, 4) is 0 Å². The average molecular weight is 321 g/mol. The summed E-state index contributed by atoms with van der Waals surface area (Å²) < 4.78 is 0. The van der Waals surface area contributed by atoms with Gasteiger partial charge in [0.15, 0.2) is 0 Å². The van der Waals surface area contributed by atoms with Gasteiger partial charge in [0, 0.05) is 25.0 Å². The first kappa shape index (κ1) is 16.6. The lowest BCUT2D eigenvalue weighted by Gasteiger charge is -2.15. The highest BCUT2D eigenvalue weighted by Crippen LogP contribution is 2.33. The van der Waals surface area contributed by atoms with Gasteiger partial charge in [-0.3, -0.25) is 0 Å². The standard InChI is InChI=1S/C21H27N3/c1-5-24(4)14-22-20-12-16(3)21(13-15(20)2)23-19-11-7-9-17-8-6-10-18(17)19/h7,9,11-14,23H,5-6,8,10H2,1-4H3. The maximum atomic E-state index is 4.62. The molecule has 0 radical (unpaired) electrons. The van der Waals surface area contributed by atoms with Crippen LogP contribution < -0.4 is 5.32 Å². The molecule has 0 unspecified atom stereocenters. The number of nitrogens with one attached hydrogen (secondary N) is 1. The van der Waals surface area contributed by atoms with E-state index in [1.54, 1.807) is 0 Å². The molecule has 0 fully saturated rings. The van der Waals surface area contributed by atoms with E-state index in [2.05, 4.69) is 66.3 Å². The minimum Gasteiger partial charge on any atom is -0.366 e. The van der Waals surface area contributed by atoms with E-state index in [0.717, 1.165) is 12.2 Å². The zero-order chi connectivity index (χ0) is 17.1. The first-order valence-electron chi connectivity index (χ1n) is 8.82. The number of rotatable bonds is 5. The maximum Gasteiger partial charge on any atom is 0.0909 e. The minimum absolute atomic E-state index is 0.959. The highest BCUT2D eigenvalue weighted by molar-refractivity contribution is 5.72. The Morgan fingerprint density at radius 2 is 1.96 bits per heavy atom. The van der Waals surface area contributed by atoms with Gasteiger partial charge in [-0.15, -0.1) is 0 Å². The molecule has 1 aliphatic carbocycles. The van der Waals surface area contributed by atoms with Crippen molar-refractivity contribution in [3.63, 3.8) is 0 Å². The Labute approximate surface area is 145 Å². The zero-order valence-electron chi connectivity index (χ0n) is 15.2. The second-order valence-electron chi connectivity index (χ2n) is 6.69. The molecule has 0 aromatic heterocycles. The molecular weight excluding hydrogens is 294 g/mol. The van der Waals surface area contributed by atoms with Gasteiger partial charge in [-0.05, 0) is 80.5 Å². The number of aliphatic imine (C=N–C) groups is 1. The van der Waals surface area contributed by atoms with Crippen LogP contribution in [0.5, 0.6) is 0 Å². The van der Waals surface area contributed by atoms with Gasteiger partial charge in [-0.1, -0.05) is 12.1 Å². The Balaban J connectivity index is 1.86. The topological polar surface area (TPSA) is 27.6 Å². The number of nitrogens with zero attached hydrogens (tertiary/aromatic N) is 2. The lowest BCUT2D eigenvalue weighted by molar-refractivity contribution is 0.552. The lowest BCUT2D eigenvalue weighted by Crippen LogP contribution is -2.14. The molecule has 0 amide bonds. The largest absolute Gasteiger partial charge is 0.366 e. The fraction of sp³-hybridized carbons (Fsp3) is 0.381. The van der Waals surface area contributed by atoms with E-state index in [4.69, 9.17) is 0 Å². The normalized spacial score (nSPS) is 13.3. The van der Waals surface area contributed by atoms with Gasteiger partial charge in [0.05, 0.1) is 12.0 Å². The molecular formula is C21H27N3. The second-order valence-corrected chi connectivity index (χ2v) is 6.69. The van der Waals surface area contributed by atoms with Crippen molar-refractivity contribution in [2.24, 2.45) is 4.99 Å². The van der Waals surface area contributed by atoms with Crippen LogP contribution in [-0.4, -0.2) is 24.8 Å². The van der Waals surface area contributed by atoms with Gasteiger partial charge < -0.3 is 10.2 Å². The third-order valence-electron chi connectivity index (χ3n) is 4.85. The SMILES string of the molecule is CCN(C)C=Nc1cc(C)c(Nc2cccc3c2CCC3)cc1C. The Hall–Kier alpha value is -2.29. The molecule has 0 saturated carbocycles. The third kappa shape index (κ3) is 3.45. The molecule has 3 heteroatoms. The highest BCUT2D eigenvalue weighted by atomic mass is 15.1. The quantitative estimate of drug-likeness (QED) is 0.609. The molecule has 2 aromatic rings. The first-order valence-corrected chi connectivity index (χ1v) is 8.82. The van der Waals surface area contributed by atoms with Gasteiger partial charge in [0.1, 0.15) is 0 Å². The highest BCUT2D eigenvalue weighted by Gasteiger charge is 2.15. The average Bonchev–Trinajstić information content (AvgIpc) is 3.06. The predicted molar refractivity (Wildman–Crippen MR) is 104 cm³/mol. The summed E-state index contributed by atoms with van der Waals surface area (Å²) >= 11 is 0. The summed E-state index contributed by atoms with van der Waals surface area (Å²) in [4.78, 5) is 6.69. The van der Waals surface area contributed by atoms with Crippen molar-refractivity contribution in [1.82, 2.24) is 4.90 Å². The summed E-state index contributed by atoms with van der Waals surface area (Å²) in [5.41, 5.74) is 8.88. The van der Waals surface area contributed by atoms with Crippen LogP contribution in [0.4, 0.5) is 17.1 Å². The molecule has 0 spiro atoms. The van der Waals surface area contributed by atoms with E-state index in [1.165, 1.54) is 52.9 Å². The van der Waals surface area contributed by atoms with Crippen molar-refractivity contribution in [1.29, 1.82) is 0 Å². The maximum absolute atomic E-state index is 4.62. The van der Waals surface area contributed by atoms with Crippen LogP contribution in [0.15, 0.2) is 35.3 Å². The molecule has 0 bridgehead atoms. The molecule has 0 aliphatic heterocycles. The molecule has 0 heterocycles. The molecule has 3 rings (SSSR count). The summed E-state index contributed by atoms with van der Waals surface area (Å²) in [6.45, 7) is 7.35. The Morgan fingerprint density at radius 1 is 1.12 bits per heavy atom. The number of hydrogen-bond acceptors (Lipinski definition) is 2. The summed E-state index contributed by atoms with van der Waals surface area (Å²) in [5.74, 6) is 0. The van der Waals surface area contributed by atoms with Gasteiger partial charge in [0.25, 0.3) is 0 Å². The van der Waals surface area contributed by atoms with Crippen molar-refractivity contribution in [2.75, 3.05) is 18.9 Å². The molecule has 0 saturated heterocycles. The van der Waals surface area contributed by atoms with E-state index in [-0.39, 0.29) is 0 Å². The van der Waals surface area contributed by atoms with Crippen molar-refractivity contribution in [3.05, 3.63) is 52.6 Å². The fourth-order valence-electron chi connectivity index (χ4n) is 3.20. The van der Waals surface area contributed by atoms with Crippen molar-refractivity contribution in [2.45, 2.75) is 40.0 Å². The molecule has 1 N–H and O–H groups in total. The van der Waals surface area contributed by atoms with E-state index in [9.17, 15) is 0 Å². The smallest absolute Gasteiger partial charge is 0.0909 e. The Kier molecular flexibility index (Phi) is 4.89. The first-order chi connectivity index (χ1) is 11.6. The van der Waals surface area contributed by atoms with Gasteiger partial charge in [-0.2, -0.15) is 0 Å². The summed E-state index contributed by atoms with van der Waals surface area (Å²) in [5, 5.41) is 3.65. The Bertz CT molecular complexity index is 762. The van der Waals surface area contributed by atoms with E-state index in [0.29, 0.717) is 0 Å². The lowest BCUT2D eigenvalue weighted by atomic mass is 10.1. The van der Waals surface area contributed by atoms with Crippen LogP contribution in [0.3, 0.4) is 0 Å². The van der Waals surface area contributed by atoms with E-state index < -0.39 is 0 Å². The minimum atomic E-state index is 0.959. The number of aryl methyl sites for hydroxylation is 3. The van der Waals surface area contributed by atoms with Crippen LogP contribution in [0.25, 0.3) is 0 Å². The van der Waals surface area contributed by atoms with E-state index in [1.807, 2.05) is 13.4 Å². The molecule has 3 nitrogen and oxygen atoms in total. The molecule has 24 heavy (non-hydrogen) atoms. The number of benzene rings is 2. The third-order valence-corrected chi connectivity index (χ3v) is 4.85. The molecule has 0 atom stereocenters. The van der Waals surface area contributed by atoms with Gasteiger partial charge in [0.2, 0.25) is 0 Å². The van der Waals surface area contributed by atoms with E-state index >= 15 is 0 Å². The molecule has 126 valence electrons. The second kappa shape index (κ2) is 7.08. The molecule has 1 aliphatic rings. The van der Waals surface area contributed by atoms with Crippen molar-refractivity contribution >= 4 is 23.4 Å². The number of anilines is 2.